The summed E-state index contributed by atoms with van der Waals surface area (Å²) >= 11 is 0. The van der Waals surface area contributed by atoms with Crippen molar-refractivity contribution >= 4 is 109 Å². The van der Waals surface area contributed by atoms with E-state index in [1.54, 1.807) is 12.4 Å². The first kappa shape index (κ1) is 51.1. The van der Waals surface area contributed by atoms with Crippen molar-refractivity contribution in [1.29, 1.82) is 0 Å². The molecule has 0 aliphatic rings. The summed E-state index contributed by atoms with van der Waals surface area (Å²) in [6.45, 7) is 3.91. The molecular formula is C86H68N5O3+3. The van der Waals surface area contributed by atoms with E-state index < -0.39 is 13.7 Å². The second-order valence-electron chi connectivity index (χ2n) is 24.6. The van der Waals surface area contributed by atoms with E-state index in [-0.39, 0.29) is 0 Å². The van der Waals surface area contributed by atoms with Crippen LogP contribution in [-0.2, 0) is 21.1 Å². The number of fused-ring (bicyclic) bond motifs is 13. The molecule has 0 saturated carbocycles. The standard InChI is InChI=1S/C30H25N2O.C29H23N2O.C27H20NO/c1-18-17-32(4)27(16-25(18)21-10-6-5-7-11-21)23-14-15-24-28-19(2)22-12-8-9-13-26(22)31-30(28)33-29(24)20(23)3;1-18-17-31(3)27(16-24(18)20-9-5-4-6-10-20)22-13-14-23-25-15-21-11-7-8-12-26(21)30-29(25)32-28(23)19(22)2;1-17-21(26-22-10-6-5-7-18(22)13-14-28(26)2)11-12-23-24-15-19-8-3-4-9-20(19)16-25(24)29-27(17)23/h5-17H,1-4H3;4-17H,1-3H3;3-16H,1-2H3/q3*+1/i2*1D3;. The molecule has 0 aliphatic heterocycles. The van der Waals surface area contributed by atoms with E-state index in [0.717, 1.165) is 116 Å². The molecular weight excluding hydrogens is 1150 g/mol. The first-order chi connectivity index (χ1) is 48.2. The topological polar surface area (TPSA) is 76.8 Å². The van der Waals surface area contributed by atoms with E-state index in [9.17, 15) is 0 Å². The Hall–Kier alpha value is -11.6. The lowest BCUT2D eigenvalue weighted by molar-refractivity contribution is -0.660. The van der Waals surface area contributed by atoms with Gasteiger partial charge in [-0.25, -0.2) is 23.7 Å². The zero-order valence-corrected chi connectivity index (χ0v) is 53.1. The van der Waals surface area contributed by atoms with Crippen molar-refractivity contribution in [1.82, 2.24) is 9.97 Å². The van der Waals surface area contributed by atoms with Crippen molar-refractivity contribution in [2.75, 3.05) is 0 Å². The van der Waals surface area contributed by atoms with Gasteiger partial charge in [-0.3, -0.25) is 0 Å². The largest absolute Gasteiger partial charge is 0.456 e. The number of hydrogen-bond donors (Lipinski definition) is 0. The molecule has 0 radical (unpaired) electrons. The minimum Gasteiger partial charge on any atom is -0.456 e. The number of nitrogens with zero attached hydrogens (tertiary/aromatic N) is 5. The van der Waals surface area contributed by atoms with E-state index in [2.05, 4.69) is 160 Å². The van der Waals surface area contributed by atoms with Gasteiger partial charge in [0.05, 0.1) is 38.5 Å². The Balaban J connectivity index is 0.000000117. The van der Waals surface area contributed by atoms with Crippen LogP contribution in [0.3, 0.4) is 0 Å². The molecule has 0 N–H and O–H groups in total. The Morgan fingerprint density at radius 1 is 0.340 bits per heavy atom. The van der Waals surface area contributed by atoms with Crippen LogP contribution >= 0.6 is 0 Å². The third-order valence-corrected chi connectivity index (χ3v) is 18.9. The Labute approximate surface area is 552 Å². The first-order valence-electron chi connectivity index (χ1n) is 34.6. The average molecular weight is 1230 g/mol. The summed E-state index contributed by atoms with van der Waals surface area (Å²) in [6.07, 6.45) is 5.58. The predicted molar refractivity (Wildman–Crippen MR) is 386 cm³/mol. The Morgan fingerprint density at radius 3 is 1.47 bits per heavy atom. The summed E-state index contributed by atoms with van der Waals surface area (Å²) in [6, 6.07) is 77.9. The monoisotopic (exact) mass is 1220 g/mol. The van der Waals surface area contributed by atoms with Crippen molar-refractivity contribution in [2.24, 2.45) is 21.1 Å². The Bertz CT molecular complexity index is 6350. The maximum absolute atomic E-state index is 8.13. The van der Waals surface area contributed by atoms with Crippen molar-refractivity contribution < 1.29 is 35.2 Å². The van der Waals surface area contributed by atoms with Gasteiger partial charge < -0.3 is 13.3 Å². The van der Waals surface area contributed by atoms with Gasteiger partial charge in [-0.2, -0.15) is 0 Å². The molecule has 8 aromatic heterocycles. The van der Waals surface area contributed by atoms with Crippen LogP contribution in [0.4, 0.5) is 0 Å². The summed E-state index contributed by atoms with van der Waals surface area (Å²) in [5.74, 6) is 0. The maximum Gasteiger partial charge on any atom is 0.228 e. The fourth-order valence-corrected chi connectivity index (χ4v) is 14.0. The van der Waals surface area contributed by atoms with Crippen LogP contribution < -0.4 is 13.7 Å². The van der Waals surface area contributed by atoms with Crippen LogP contribution in [0.2, 0.25) is 0 Å². The molecule has 8 heteroatoms. The van der Waals surface area contributed by atoms with Crippen LogP contribution in [0.5, 0.6) is 0 Å². The SMILES string of the molecule is Cc1c(-c2c3ccccc3cc[n+]2C)ccc2c1oc1cc3ccccc3cc12.[2H]C([2H])([2H])c1c[n+](C)c(-c2ccc3c(oc4nc5ccccc5c(C)c43)c2C)cc1-c1ccccc1.[2H]C([2H])([2H])c1c[n+](C)c(-c2ccc3c(oc4nc5ccccc5cc43)c2C)cc1-c1ccccc1. The van der Waals surface area contributed by atoms with Gasteiger partial charge in [-0.15, -0.1) is 0 Å². The van der Waals surface area contributed by atoms with Gasteiger partial charge in [-0.05, 0) is 158 Å². The number of pyridine rings is 5. The van der Waals surface area contributed by atoms with Gasteiger partial charge in [0.25, 0.3) is 0 Å². The normalized spacial score (nSPS) is 12.9. The predicted octanol–water partition coefficient (Wildman–Crippen LogP) is 20.8. The van der Waals surface area contributed by atoms with E-state index in [0.29, 0.717) is 33.7 Å². The molecule has 8 nitrogen and oxygen atoms in total. The highest BCUT2D eigenvalue weighted by atomic mass is 16.3. The molecule has 94 heavy (non-hydrogen) atoms. The van der Waals surface area contributed by atoms with E-state index in [4.69, 9.17) is 31.4 Å². The van der Waals surface area contributed by atoms with Crippen molar-refractivity contribution in [3.05, 3.63) is 282 Å². The third-order valence-electron chi connectivity index (χ3n) is 18.9. The molecule has 0 atom stereocenters. The Morgan fingerprint density at radius 2 is 0.819 bits per heavy atom. The first-order valence-corrected chi connectivity index (χ1v) is 31.6. The average Bonchev–Trinajstić information content (AvgIpc) is 1.53. The smallest absolute Gasteiger partial charge is 0.228 e. The molecule has 0 bridgehead atoms. The summed E-state index contributed by atoms with van der Waals surface area (Å²) in [7, 11) is 5.88. The minimum atomic E-state index is -2.23. The van der Waals surface area contributed by atoms with Crippen molar-refractivity contribution in [3.8, 4) is 56.0 Å². The number of furan rings is 3. The van der Waals surface area contributed by atoms with Crippen LogP contribution in [0.25, 0.3) is 165 Å². The molecule has 8 heterocycles. The number of hydrogen-bond acceptors (Lipinski definition) is 5. The quantitative estimate of drug-likeness (QED) is 0.161. The highest BCUT2D eigenvalue weighted by molar-refractivity contribution is 6.14. The highest BCUT2D eigenvalue weighted by Crippen LogP contribution is 2.42. The lowest BCUT2D eigenvalue weighted by Gasteiger charge is -2.10. The van der Waals surface area contributed by atoms with Gasteiger partial charge in [0, 0.05) is 91.9 Å². The second-order valence-corrected chi connectivity index (χ2v) is 24.6. The molecule has 18 aromatic rings. The zero-order valence-electron chi connectivity index (χ0n) is 59.1. The van der Waals surface area contributed by atoms with Crippen LogP contribution in [0, 0.1) is 41.4 Å². The Kier molecular flexibility index (Phi) is 12.5. The summed E-state index contributed by atoms with van der Waals surface area (Å²) < 4.78 is 73.7. The van der Waals surface area contributed by atoms with E-state index >= 15 is 0 Å². The second kappa shape index (κ2) is 22.9. The molecule has 0 aliphatic carbocycles. The number of para-hydroxylation sites is 2. The van der Waals surface area contributed by atoms with Gasteiger partial charge >= 0.3 is 0 Å². The van der Waals surface area contributed by atoms with Gasteiger partial charge in [0.15, 0.2) is 18.6 Å². The van der Waals surface area contributed by atoms with Crippen molar-refractivity contribution in [2.45, 2.75) is 41.4 Å². The molecule has 0 amide bonds. The molecule has 18 rings (SSSR count). The van der Waals surface area contributed by atoms with Gasteiger partial charge in [0.1, 0.15) is 43.5 Å². The molecule has 10 aromatic carbocycles. The lowest BCUT2D eigenvalue weighted by Crippen LogP contribution is -2.31. The third kappa shape index (κ3) is 9.71. The number of aromatic nitrogens is 5. The fourth-order valence-electron chi connectivity index (χ4n) is 14.0. The molecule has 0 spiro atoms. The molecule has 0 fully saturated rings. The zero-order chi connectivity index (χ0) is 69.0. The highest BCUT2D eigenvalue weighted by Gasteiger charge is 2.25. The molecule has 452 valence electrons. The van der Waals surface area contributed by atoms with Crippen LogP contribution in [0.1, 0.15) is 41.6 Å². The van der Waals surface area contributed by atoms with Crippen molar-refractivity contribution in [3.63, 3.8) is 0 Å². The molecule has 0 unspecified atom stereocenters. The number of benzene rings is 10. The number of aryl methyl sites for hydroxylation is 9. The fraction of sp³-hybridized carbons (Fsp3) is 0.105. The maximum atomic E-state index is 8.13. The van der Waals surface area contributed by atoms with Gasteiger partial charge in [0.2, 0.25) is 28.5 Å². The summed E-state index contributed by atoms with van der Waals surface area (Å²) in [5, 5.41) is 13.6. The van der Waals surface area contributed by atoms with E-state index in [1.807, 2.05) is 139 Å². The minimum absolute atomic E-state index is 0.327. The van der Waals surface area contributed by atoms with E-state index in [1.165, 1.54) is 49.1 Å². The summed E-state index contributed by atoms with van der Waals surface area (Å²) in [4.78, 5) is 9.53. The lowest BCUT2D eigenvalue weighted by atomic mass is 9.96. The van der Waals surface area contributed by atoms with Crippen LogP contribution in [0.15, 0.2) is 262 Å². The van der Waals surface area contributed by atoms with Crippen LogP contribution in [-0.4, -0.2) is 9.97 Å². The summed E-state index contributed by atoms with van der Waals surface area (Å²) in [5.41, 5.74) is 20.9. The van der Waals surface area contributed by atoms with Gasteiger partial charge in [-0.1, -0.05) is 140 Å². The molecule has 0 saturated heterocycles. The number of rotatable bonds is 5.